The molecule has 0 aliphatic carbocycles. The van der Waals surface area contributed by atoms with E-state index in [-0.39, 0.29) is 13.0 Å². The summed E-state index contributed by atoms with van der Waals surface area (Å²) in [4.78, 5) is 25.7. The van der Waals surface area contributed by atoms with E-state index in [1.807, 2.05) is 0 Å². The van der Waals surface area contributed by atoms with Crippen LogP contribution in [0.1, 0.15) is 13.3 Å². The van der Waals surface area contributed by atoms with Gasteiger partial charge in [-0.15, -0.1) is 0 Å². The summed E-state index contributed by atoms with van der Waals surface area (Å²) in [6, 6.07) is 0. The zero-order valence-electron chi connectivity index (χ0n) is 8.11. The fourth-order valence-corrected chi connectivity index (χ4v) is 3.07. The van der Waals surface area contributed by atoms with Crippen LogP contribution in [0.5, 0.6) is 0 Å². The van der Waals surface area contributed by atoms with Crippen LogP contribution in [0, 0.1) is 0 Å². The van der Waals surface area contributed by atoms with Crippen molar-refractivity contribution in [2.24, 2.45) is 0 Å². The smallest absolute Gasteiger partial charge is 0.392 e. The third-order valence-electron chi connectivity index (χ3n) is 1.46. The number of hydrogen-bond acceptors (Lipinski definition) is 4. The van der Waals surface area contributed by atoms with Gasteiger partial charge in [0.1, 0.15) is 0 Å². The molecule has 15 heavy (non-hydrogen) atoms. The molecule has 0 aliphatic heterocycles. The second-order valence-electron chi connectivity index (χ2n) is 2.92. The van der Waals surface area contributed by atoms with Crippen LogP contribution < -0.4 is 0 Å². The monoisotopic (exact) mass is 260 g/mol. The van der Waals surface area contributed by atoms with Gasteiger partial charge >= 0.3 is 15.4 Å². The maximum absolute atomic E-state index is 11.1. The Labute approximate surface area is 87.2 Å². The standard InChI is InChI=1S/C6H14O7P2/c1-6(2-4-7)3-5-14(8,9)13-15(10,11)12/h2,7H,3-5H2,1H3,(H,8,9)(H2,10,11,12)/b6-2-. The van der Waals surface area contributed by atoms with Crippen LogP contribution in [0.25, 0.3) is 0 Å². The van der Waals surface area contributed by atoms with E-state index in [1.165, 1.54) is 6.08 Å². The van der Waals surface area contributed by atoms with E-state index in [2.05, 4.69) is 4.31 Å². The number of allylic oxidation sites excluding steroid dienone is 1. The molecule has 90 valence electrons. The number of hydrogen-bond donors (Lipinski definition) is 4. The first-order valence-electron chi connectivity index (χ1n) is 4.01. The van der Waals surface area contributed by atoms with Crippen LogP contribution in [0.15, 0.2) is 11.6 Å². The molecule has 0 aromatic heterocycles. The molecule has 0 aromatic rings. The molecule has 0 heterocycles. The first-order chi connectivity index (χ1) is 6.66. The van der Waals surface area contributed by atoms with E-state index in [4.69, 9.17) is 19.8 Å². The molecule has 0 saturated carbocycles. The molecular weight excluding hydrogens is 246 g/mol. The van der Waals surface area contributed by atoms with E-state index in [9.17, 15) is 9.13 Å². The Kier molecular flexibility index (Phi) is 5.92. The van der Waals surface area contributed by atoms with Crippen LogP contribution in [0.4, 0.5) is 0 Å². The summed E-state index contributed by atoms with van der Waals surface area (Å²) in [5.74, 6) is 0. The zero-order valence-corrected chi connectivity index (χ0v) is 9.90. The quantitative estimate of drug-likeness (QED) is 0.407. The van der Waals surface area contributed by atoms with Gasteiger partial charge in [-0.2, -0.15) is 0 Å². The van der Waals surface area contributed by atoms with E-state index in [1.54, 1.807) is 6.92 Å². The second-order valence-corrected chi connectivity index (χ2v) is 6.27. The minimum absolute atomic E-state index is 0.119. The van der Waals surface area contributed by atoms with Crippen LogP contribution in [-0.4, -0.2) is 32.6 Å². The summed E-state index contributed by atoms with van der Waals surface area (Å²) in [6.07, 6.45) is 1.15. The SMILES string of the molecule is C/C(=C/CO)CCP(=O)(O)OP(=O)(O)O. The lowest BCUT2D eigenvalue weighted by Gasteiger charge is -2.12. The lowest BCUT2D eigenvalue weighted by molar-refractivity contribution is 0.263. The lowest BCUT2D eigenvalue weighted by atomic mass is 10.2. The highest BCUT2D eigenvalue weighted by Gasteiger charge is 2.29. The fraction of sp³-hybridized carbons (Fsp3) is 0.667. The van der Waals surface area contributed by atoms with Crippen LogP contribution in [0.3, 0.4) is 0 Å². The van der Waals surface area contributed by atoms with Gasteiger partial charge in [-0.05, 0) is 13.3 Å². The third kappa shape index (κ3) is 8.96. The average molecular weight is 260 g/mol. The van der Waals surface area contributed by atoms with E-state index < -0.39 is 21.6 Å². The van der Waals surface area contributed by atoms with E-state index in [0.717, 1.165) is 0 Å². The Bertz CT molecular complexity index is 317. The van der Waals surface area contributed by atoms with Crippen LogP contribution in [0.2, 0.25) is 0 Å². The van der Waals surface area contributed by atoms with Crippen molar-refractivity contribution in [3.63, 3.8) is 0 Å². The molecule has 0 rings (SSSR count). The molecule has 1 atom stereocenters. The van der Waals surface area contributed by atoms with Gasteiger partial charge in [0.05, 0.1) is 12.8 Å². The molecule has 0 radical (unpaired) electrons. The summed E-state index contributed by atoms with van der Waals surface area (Å²) in [7, 11) is -9.22. The molecule has 0 saturated heterocycles. The van der Waals surface area contributed by atoms with Crippen molar-refractivity contribution >= 4 is 15.4 Å². The second kappa shape index (κ2) is 5.92. The normalized spacial score (nSPS) is 17.5. The summed E-state index contributed by atoms with van der Waals surface area (Å²) >= 11 is 0. The molecule has 0 amide bonds. The molecule has 0 fully saturated rings. The fourth-order valence-electron chi connectivity index (χ4n) is 0.783. The summed E-state index contributed by atoms with van der Waals surface area (Å²) in [6.45, 7) is 1.43. The molecule has 0 aliphatic rings. The van der Waals surface area contributed by atoms with Crippen LogP contribution >= 0.6 is 15.4 Å². The molecule has 7 nitrogen and oxygen atoms in total. The van der Waals surface area contributed by atoms with Gasteiger partial charge in [-0.25, -0.2) is 8.88 Å². The molecule has 0 bridgehead atoms. The molecule has 4 N–H and O–H groups in total. The summed E-state index contributed by atoms with van der Waals surface area (Å²) in [5.41, 5.74) is 0.640. The first kappa shape index (κ1) is 15.0. The van der Waals surface area contributed by atoms with Crippen molar-refractivity contribution in [3.8, 4) is 0 Å². The highest BCUT2D eigenvalue weighted by molar-refractivity contribution is 7.63. The van der Waals surface area contributed by atoms with E-state index >= 15 is 0 Å². The van der Waals surface area contributed by atoms with Crippen molar-refractivity contribution in [1.29, 1.82) is 0 Å². The molecule has 0 aromatic carbocycles. The van der Waals surface area contributed by atoms with Gasteiger partial charge in [0.25, 0.3) is 0 Å². The van der Waals surface area contributed by atoms with Gasteiger partial charge < -0.3 is 19.8 Å². The van der Waals surface area contributed by atoms with E-state index in [0.29, 0.717) is 5.57 Å². The van der Waals surface area contributed by atoms with Crippen molar-refractivity contribution in [2.75, 3.05) is 12.8 Å². The van der Waals surface area contributed by atoms with Gasteiger partial charge in [-0.1, -0.05) is 11.6 Å². The van der Waals surface area contributed by atoms with Gasteiger partial charge in [0.2, 0.25) is 0 Å². The highest BCUT2D eigenvalue weighted by Crippen LogP contribution is 2.57. The topological polar surface area (TPSA) is 124 Å². The summed E-state index contributed by atoms with van der Waals surface area (Å²) in [5, 5.41) is 8.49. The lowest BCUT2D eigenvalue weighted by Crippen LogP contribution is -1.95. The maximum Gasteiger partial charge on any atom is 0.476 e. The van der Waals surface area contributed by atoms with Crippen molar-refractivity contribution < 1.29 is 33.2 Å². The maximum atomic E-state index is 11.1. The van der Waals surface area contributed by atoms with Crippen molar-refractivity contribution in [2.45, 2.75) is 13.3 Å². The Hall–Kier alpha value is -0.0000000000000000416. The minimum atomic E-state index is -4.94. The predicted molar refractivity (Wildman–Crippen MR) is 53.3 cm³/mol. The number of rotatable bonds is 6. The number of phosphoric acid groups is 1. The molecule has 0 spiro atoms. The number of aliphatic hydroxyl groups excluding tert-OH is 1. The summed E-state index contributed by atoms with van der Waals surface area (Å²) < 4.78 is 25.1. The number of aliphatic hydroxyl groups is 1. The van der Waals surface area contributed by atoms with Gasteiger partial charge in [0.15, 0.2) is 0 Å². The largest absolute Gasteiger partial charge is 0.476 e. The Morgan fingerprint density at radius 1 is 1.33 bits per heavy atom. The predicted octanol–water partition coefficient (Wildman–Crippen LogP) is 0.610. The molecule has 9 heteroatoms. The van der Waals surface area contributed by atoms with Crippen LogP contribution in [-0.2, 0) is 13.4 Å². The molecule has 1 unspecified atom stereocenters. The average Bonchev–Trinajstić information content (AvgIpc) is 1.97. The molecular formula is C6H14O7P2. The van der Waals surface area contributed by atoms with Crippen molar-refractivity contribution in [3.05, 3.63) is 11.6 Å². The highest BCUT2D eigenvalue weighted by atomic mass is 31.3. The Morgan fingerprint density at radius 3 is 2.27 bits per heavy atom. The third-order valence-corrected chi connectivity index (χ3v) is 4.12. The minimum Gasteiger partial charge on any atom is -0.392 e. The zero-order chi connectivity index (χ0) is 12.1. The van der Waals surface area contributed by atoms with Crippen molar-refractivity contribution in [1.82, 2.24) is 0 Å². The Balaban J connectivity index is 4.23. The Morgan fingerprint density at radius 2 is 1.87 bits per heavy atom. The first-order valence-corrected chi connectivity index (χ1v) is 7.31. The van der Waals surface area contributed by atoms with Gasteiger partial charge in [-0.3, -0.25) is 4.57 Å². The van der Waals surface area contributed by atoms with Gasteiger partial charge in [0, 0.05) is 0 Å².